The minimum absolute atomic E-state index is 0.260. The largest absolute Gasteiger partial charge is 0.462 e. The molecule has 0 aliphatic rings. The molecule has 96 valence electrons. The molecule has 0 atom stereocenters. The van der Waals surface area contributed by atoms with Gasteiger partial charge in [0.2, 0.25) is 5.91 Å². The van der Waals surface area contributed by atoms with Gasteiger partial charge in [-0.15, -0.1) is 11.3 Å². The normalized spacial score (nSPS) is 9.67. The molecule has 0 aliphatic heterocycles. The minimum Gasteiger partial charge on any atom is -0.462 e. The maximum atomic E-state index is 11.7. The van der Waals surface area contributed by atoms with Gasteiger partial charge in [0.05, 0.1) is 12.2 Å². The summed E-state index contributed by atoms with van der Waals surface area (Å²) in [6, 6.07) is 2.00. The molecule has 0 spiro atoms. The third-order valence-electron chi connectivity index (χ3n) is 2.00. The van der Waals surface area contributed by atoms with E-state index in [2.05, 4.69) is 21.2 Å². The van der Waals surface area contributed by atoms with Crippen LogP contribution in [-0.2, 0) is 14.9 Å². The summed E-state index contributed by atoms with van der Waals surface area (Å²) in [4.78, 5) is 23.1. The highest BCUT2D eigenvalue weighted by Crippen LogP contribution is 2.34. The summed E-state index contributed by atoms with van der Waals surface area (Å²) in [5.74, 6) is -0.769. The molecule has 1 N–H and O–H groups in total. The Hall–Kier alpha value is -1.39. The quantitative estimate of drug-likeness (QED) is 0.679. The number of rotatable bonds is 4. The molecule has 0 aromatic carbocycles. The smallest absolute Gasteiger partial charge is 0.348 e. The SMILES string of the molecule is CCOC(=O)c1sc(NC(C)=O)c(C#N)c1CBr. The van der Waals surface area contributed by atoms with Crippen molar-refractivity contribution in [2.45, 2.75) is 19.2 Å². The molecule has 0 unspecified atom stereocenters. The molecule has 0 bridgehead atoms. The number of nitrogens with one attached hydrogen (secondary N) is 1. The van der Waals surface area contributed by atoms with E-state index in [-0.39, 0.29) is 12.5 Å². The van der Waals surface area contributed by atoms with E-state index in [9.17, 15) is 9.59 Å². The van der Waals surface area contributed by atoms with Crippen molar-refractivity contribution in [2.24, 2.45) is 0 Å². The first kappa shape index (κ1) is 14.7. The molecular weight excluding hydrogens is 320 g/mol. The minimum atomic E-state index is -0.481. The zero-order valence-electron chi connectivity index (χ0n) is 9.87. The van der Waals surface area contributed by atoms with Gasteiger partial charge in [-0.3, -0.25) is 4.79 Å². The number of esters is 1. The maximum absolute atomic E-state index is 11.7. The average molecular weight is 331 g/mol. The van der Waals surface area contributed by atoms with Crippen LogP contribution in [0.2, 0.25) is 0 Å². The molecule has 0 aliphatic carbocycles. The van der Waals surface area contributed by atoms with Gasteiger partial charge in [-0.1, -0.05) is 15.9 Å². The van der Waals surface area contributed by atoms with E-state index in [0.29, 0.717) is 26.3 Å². The summed E-state index contributed by atoms with van der Waals surface area (Å²) in [5, 5.41) is 12.4. The molecule has 18 heavy (non-hydrogen) atoms. The van der Waals surface area contributed by atoms with Crippen LogP contribution in [0.5, 0.6) is 0 Å². The Morgan fingerprint density at radius 2 is 2.22 bits per heavy atom. The van der Waals surface area contributed by atoms with Crippen molar-refractivity contribution < 1.29 is 14.3 Å². The molecule has 7 heteroatoms. The first-order valence-corrected chi connectivity index (χ1v) is 7.05. The number of alkyl halides is 1. The number of nitriles is 1. The number of anilines is 1. The van der Waals surface area contributed by atoms with Crippen LogP contribution in [0.3, 0.4) is 0 Å². The van der Waals surface area contributed by atoms with Crippen molar-refractivity contribution >= 4 is 44.1 Å². The van der Waals surface area contributed by atoms with Gasteiger partial charge in [0.1, 0.15) is 15.9 Å². The van der Waals surface area contributed by atoms with Crippen LogP contribution >= 0.6 is 27.3 Å². The van der Waals surface area contributed by atoms with E-state index >= 15 is 0 Å². The lowest BCUT2D eigenvalue weighted by Gasteiger charge is -2.00. The van der Waals surface area contributed by atoms with Crippen LogP contribution < -0.4 is 5.32 Å². The predicted octanol–water partition coefficient (Wildman–Crippen LogP) is 2.65. The number of amides is 1. The monoisotopic (exact) mass is 330 g/mol. The van der Waals surface area contributed by atoms with E-state index in [1.807, 2.05) is 6.07 Å². The van der Waals surface area contributed by atoms with Crippen molar-refractivity contribution in [2.75, 3.05) is 11.9 Å². The second kappa shape index (κ2) is 6.52. The summed E-state index contributed by atoms with van der Waals surface area (Å²) in [5.41, 5.74) is 0.847. The average Bonchev–Trinajstić information content (AvgIpc) is 2.66. The molecule has 1 aromatic rings. The van der Waals surface area contributed by atoms with Gasteiger partial charge in [-0.2, -0.15) is 5.26 Å². The van der Waals surface area contributed by atoms with Crippen LogP contribution in [0.1, 0.15) is 34.6 Å². The van der Waals surface area contributed by atoms with Crippen molar-refractivity contribution in [3.63, 3.8) is 0 Å². The molecule has 0 saturated heterocycles. The number of carbonyl (C=O) groups is 2. The third kappa shape index (κ3) is 3.09. The van der Waals surface area contributed by atoms with Gasteiger partial charge in [-0.25, -0.2) is 4.79 Å². The highest BCUT2D eigenvalue weighted by atomic mass is 79.9. The Labute approximate surface area is 117 Å². The zero-order chi connectivity index (χ0) is 13.7. The van der Waals surface area contributed by atoms with E-state index in [0.717, 1.165) is 11.3 Å². The lowest BCUT2D eigenvalue weighted by atomic mass is 10.2. The molecule has 1 amide bonds. The molecule has 5 nitrogen and oxygen atoms in total. The van der Waals surface area contributed by atoms with E-state index < -0.39 is 5.97 Å². The number of halogens is 1. The number of thiophene rings is 1. The van der Waals surface area contributed by atoms with Gasteiger partial charge in [0.25, 0.3) is 0 Å². The Morgan fingerprint density at radius 1 is 1.56 bits per heavy atom. The first-order chi connectivity index (χ1) is 8.54. The predicted molar refractivity (Wildman–Crippen MR) is 71.9 cm³/mol. The Morgan fingerprint density at radius 3 is 2.67 bits per heavy atom. The van der Waals surface area contributed by atoms with Crippen LogP contribution in [-0.4, -0.2) is 18.5 Å². The van der Waals surface area contributed by atoms with Crippen molar-refractivity contribution in [3.05, 3.63) is 16.0 Å². The summed E-state index contributed by atoms with van der Waals surface area (Å²) in [7, 11) is 0. The van der Waals surface area contributed by atoms with E-state index in [1.54, 1.807) is 6.92 Å². The van der Waals surface area contributed by atoms with Gasteiger partial charge in [0, 0.05) is 17.8 Å². The lowest BCUT2D eigenvalue weighted by molar-refractivity contribution is -0.114. The number of ether oxygens (including phenoxy) is 1. The highest BCUT2D eigenvalue weighted by molar-refractivity contribution is 9.08. The van der Waals surface area contributed by atoms with E-state index in [4.69, 9.17) is 10.00 Å². The Balaban J connectivity index is 3.27. The van der Waals surface area contributed by atoms with Gasteiger partial charge >= 0.3 is 5.97 Å². The fourth-order valence-corrected chi connectivity index (χ4v) is 3.18. The molecule has 0 saturated carbocycles. The Bertz CT molecular complexity index is 519. The fourth-order valence-electron chi connectivity index (χ4n) is 1.32. The van der Waals surface area contributed by atoms with Crippen molar-refractivity contribution in [3.8, 4) is 6.07 Å². The van der Waals surface area contributed by atoms with Crippen LogP contribution in [0.15, 0.2) is 0 Å². The Kier molecular flexibility index (Phi) is 5.31. The summed E-state index contributed by atoms with van der Waals surface area (Å²) in [6.45, 7) is 3.31. The van der Waals surface area contributed by atoms with Gasteiger partial charge in [-0.05, 0) is 6.92 Å². The summed E-state index contributed by atoms with van der Waals surface area (Å²) < 4.78 is 4.92. The standard InChI is InChI=1S/C11H11BrN2O3S/c1-3-17-11(16)9-7(4-12)8(5-13)10(18-9)14-6(2)15/h3-4H2,1-2H3,(H,14,15). The van der Waals surface area contributed by atoms with E-state index in [1.165, 1.54) is 6.92 Å². The topological polar surface area (TPSA) is 79.2 Å². The maximum Gasteiger partial charge on any atom is 0.348 e. The van der Waals surface area contributed by atoms with Crippen LogP contribution in [0.25, 0.3) is 0 Å². The summed E-state index contributed by atoms with van der Waals surface area (Å²) >= 11 is 4.29. The highest BCUT2D eigenvalue weighted by Gasteiger charge is 2.23. The molecule has 0 radical (unpaired) electrons. The number of nitrogens with zero attached hydrogens (tertiary/aromatic N) is 1. The van der Waals surface area contributed by atoms with Crippen molar-refractivity contribution in [1.29, 1.82) is 5.26 Å². The molecule has 0 fully saturated rings. The molecule has 1 rings (SSSR count). The fraction of sp³-hybridized carbons (Fsp3) is 0.364. The van der Waals surface area contributed by atoms with Crippen LogP contribution in [0.4, 0.5) is 5.00 Å². The van der Waals surface area contributed by atoms with Gasteiger partial charge < -0.3 is 10.1 Å². The first-order valence-electron chi connectivity index (χ1n) is 5.11. The number of hydrogen-bond donors (Lipinski definition) is 1. The zero-order valence-corrected chi connectivity index (χ0v) is 12.3. The molecular formula is C11H11BrN2O3S. The number of carbonyl (C=O) groups excluding carboxylic acids is 2. The van der Waals surface area contributed by atoms with Crippen molar-refractivity contribution in [1.82, 2.24) is 0 Å². The number of hydrogen-bond acceptors (Lipinski definition) is 5. The lowest BCUT2D eigenvalue weighted by Crippen LogP contribution is -2.05. The summed E-state index contributed by atoms with van der Waals surface area (Å²) in [6.07, 6.45) is 0. The van der Waals surface area contributed by atoms with Gasteiger partial charge in [0.15, 0.2) is 0 Å². The molecule has 1 heterocycles. The van der Waals surface area contributed by atoms with Crippen LogP contribution in [0, 0.1) is 11.3 Å². The second-order valence-electron chi connectivity index (χ2n) is 3.26. The third-order valence-corrected chi connectivity index (χ3v) is 3.69. The molecule has 1 aromatic heterocycles. The second-order valence-corrected chi connectivity index (χ2v) is 4.84.